The molecule has 132 valence electrons. The monoisotopic (exact) mass is 373 g/mol. The van der Waals surface area contributed by atoms with Gasteiger partial charge in [-0.25, -0.2) is 13.8 Å². The van der Waals surface area contributed by atoms with Gasteiger partial charge in [-0.05, 0) is 36.8 Å². The first-order valence-electron chi connectivity index (χ1n) is 7.98. The fraction of sp³-hybridized carbons (Fsp3) is 0.167. The van der Waals surface area contributed by atoms with Crippen LogP contribution < -0.4 is 10.2 Å². The minimum absolute atomic E-state index is 0.0798. The molecule has 0 bridgehead atoms. The maximum atomic E-state index is 13.3. The van der Waals surface area contributed by atoms with Crippen LogP contribution in [0, 0.1) is 11.6 Å². The van der Waals surface area contributed by atoms with E-state index in [4.69, 9.17) is 0 Å². The number of hydrogen-bond acceptors (Lipinski definition) is 4. The molecule has 0 unspecified atom stereocenters. The summed E-state index contributed by atoms with van der Waals surface area (Å²) in [6, 6.07) is 8.76. The minimum Gasteiger partial charge on any atom is -0.312 e. The molecule has 1 N–H and O–H groups in total. The SMILES string of the molecule is O=C(Nc1nc2cc(F)c(F)cc2s1)c1ccc(N2CCCC2=O)cc1. The number of nitrogens with one attached hydrogen (secondary N) is 1. The van der Waals surface area contributed by atoms with Gasteiger partial charge in [-0.3, -0.25) is 14.9 Å². The number of rotatable bonds is 3. The Morgan fingerprint density at radius 2 is 1.88 bits per heavy atom. The van der Waals surface area contributed by atoms with E-state index in [-0.39, 0.29) is 22.5 Å². The molecule has 5 nitrogen and oxygen atoms in total. The first-order valence-corrected chi connectivity index (χ1v) is 8.80. The molecule has 0 radical (unpaired) electrons. The quantitative estimate of drug-likeness (QED) is 0.756. The van der Waals surface area contributed by atoms with Crippen LogP contribution >= 0.6 is 11.3 Å². The van der Waals surface area contributed by atoms with Gasteiger partial charge in [-0.15, -0.1) is 0 Å². The molecule has 2 aromatic carbocycles. The van der Waals surface area contributed by atoms with Crippen LogP contribution in [0.2, 0.25) is 0 Å². The first kappa shape index (κ1) is 16.6. The molecule has 0 atom stereocenters. The van der Waals surface area contributed by atoms with Crippen molar-refractivity contribution in [3.63, 3.8) is 0 Å². The molecular formula is C18H13F2N3O2S. The third-order valence-electron chi connectivity index (χ3n) is 4.17. The zero-order valence-electron chi connectivity index (χ0n) is 13.5. The average molecular weight is 373 g/mol. The molecule has 26 heavy (non-hydrogen) atoms. The Hall–Kier alpha value is -2.87. The highest BCUT2D eigenvalue weighted by molar-refractivity contribution is 7.22. The topological polar surface area (TPSA) is 62.3 Å². The summed E-state index contributed by atoms with van der Waals surface area (Å²) in [7, 11) is 0. The molecule has 1 aliphatic rings. The minimum atomic E-state index is -0.979. The molecule has 1 saturated heterocycles. The molecular weight excluding hydrogens is 360 g/mol. The zero-order valence-corrected chi connectivity index (χ0v) is 14.3. The van der Waals surface area contributed by atoms with E-state index in [0.29, 0.717) is 23.2 Å². The number of halogens is 2. The molecule has 3 aromatic rings. The Balaban J connectivity index is 1.52. The normalized spacial score (nSPS) is 14.2. The van der Waals surface area contributed by atoms with Crippen molar-refractivity contribution in [1.82, 2.24) is 4.98 Å². The molecule has 4 rings (SSSR count). The van der Waals surface area contributed by atoms with Crippen LogP contribution in [0.15, 0.2) is 36.4 Å². The summed E-state index contributed by atoms with van der Waals surface area (Å²) in [4.78, 5) is 29.9. The summed E-state index contributed by atoms with van der Waals surface area (Å²) >= 11 is 1.06. The molecule has 1 aliphatic heterocycles. The Kier molecular flexibility index (Phi) is 4.12. The molecule has 0 saturated carbocycles. The molecule has 0 spiro atoms. The Morgan fingerprint density at radius 1 is 1.15 bits per heavy atom. The highest BCUT2D eigenvalue weighted by Gasteiger charge is 2.21. The van der Waals surface area contributed by atoms with Gasteiger partial charge in [-0.1, -0.05) is 11.3 Å². The van der Waals surface area contributed by atoms with Gasteiger partial charge in [0, 0.05) is 30.3 Å². The number of amides is 2. The number of benzene rings is 2. The molecule has 2 amide bonds. The molecule has 2 heterocycles. The molecule has 0 aliphatic carbocycles. The first-order chi connectivity index (χ1) is 12.5. The van der Waals surface area contributed by atoms with Crippen molar-refractivity contribution < 1.29 is 18.4 Å². The number of carbonyl (C=O) groups is 2. The maximum absolute atomic E-state index is 13.3. The predicted molar refractivity (Wildman–Crippen MR) is 95.5 cm³/mol. The lowest BCUT2D eigenvalue weighted by atomic mass is 10.2. The number of fused-ring (bicyclic) bond motifs is 1. The summed E-state index contributed by atoms with van der Waals surface area (Å²) < 4.78 is 27.0. The van der Waals surface area contributed by atoms with Crippen molar-refractivity contribution in [1.29, 1.82) is 0 Å². The van der Waals surface area contributed by atoms with Gasteiger partial charge in [0.05, 0.1) is 10.2 Å². The van der Waals surface area contributed by atoms with Crippen LogP contribution in [0.3, 0.4) is 0 Å². The summed E-state index contributed by atoms with van der Waals surface area (Å²) in [5.74, 6) is -2.24. The fourth-order valence-corrected chi connectivity index (χ4v) is 3.73. The number of hydrogen-bond donors (Lipinski definition) is 1. The van der Waals surface area contributed by atoms with E-state index in [1.54, 1.807) is 29.2 Å². The molecule has 8 heteroatoms. The smallest absolute Gasteiger partial charge is 0.257 e. The van der Waals surface area contributed by atoms with Crippen LogP contribution in [-0.2, 0) is 4.79 Å². The van der Waals surface area contributed by atoms with Crippen molar-refractivity contribution in [2.75, 3.05) is 16.8 Å². The second kappa shape index (κ2) is 6.45. The highest BCUT2D eigenvalue weighted by atomic mass is 32.1. The fourth-order valence-electron chi connectivity index (χ4n) is 2.86. The lowest BCUT2D eigenvalue weighted by Gasteiger charge is -2.15. The standard InChI is InChI=1S/C18H13F2N3O2S/c19-12-8-14-15(9-13(12)20)26-18(21-14)22-17(25)10-3-5-11(6-4-10)23-7-1-2-16(23)24/h3-6,8-9H,1-2,7H2,(H,21,22,25). The van der Waals surface area contributed by atoms with E-state index in [2.05, 4.69) is 10.3 Å². The second-order valence-electron chi connectivity index (χ2n) is 5.90. The second-order valence-corrected chi connectivity index (χ2v) is 6.93. The van der Waals surface area contributed by atoms with E-state index in [1.165, 1.54) is 0 Å². The molecule has 1 fully saturated rings. The van der Waals surface area contributed by atoms with Gasteiger partial charge in [-0.2, -0.15) is 0 Å². The number of thiazole rings is 1. The Bertz CT molecular complexity index is 978. The lowest BCUT2D eigenvalue weighted by Crippen LogP contribution is -2.23. The van der Waals surface area contributed by atoms with Crippen LogP contribution in [-0.4, -0.2) is 23.3 Å². The van der Waals surface area contributed by atoms with Crippen molar-refractivity contribution in [3.05, 3.63) is 53.6 Å². The van der Waals surface area contributed by atoms with Crippen molar-refractivity contribution in [2.45, 2.75) is 12.8 Å². The summed E-state index contributed by atoms with van der Waals surface area (Å²) in [6.45, 7) is 0.684. The summed E-state index contributed by atoms with van der Waals surface area (Å²) in [6.07, 6.45) is 1.38. The third kappa shape index (κ3) is 3.03. The maximum Gasteiger partial charge on any atom is 0.257 e. The van der Waals surface area contributed by atoms with E-state index < -0.39 is 11.6 Å². The predicted octanol–water partition coefficient (Wildman–Crippen LogP) is 3.95. The van der Waals surface area contributed by atoms with Gasteiger partial charge in [0.25, 0.3) is 5.91 Å². The van der Waals surface area contributed by atoms with Gasteiger partial charge in [0.2, 0.25) is 5.91 Å². The molecule has 1 aromatic heterocycles. The Morgan fingerprint density at radius 3 is 2.58 bits per heavy atom. The zero-order chi connectivity index (χ0) is 18.3. The van der Waals surface area contributed by atoms with Gasteiger partial charge >= 0.3 is 0 Å². The van der Waals surface area contributed by atoms with Gasteiger partial charge in [0.15, 0.2) is 16.8 Å². The number of aromatic nitrogens is 1. The van der Waals surface area contributed by atoms with Gasteiger partial charge in [0.1, 0.15) is 0 Å². The highest BCUT2D eigenvalue weighted by Crippen LogP contribution is 2.28. The number of anilines is 2. The van der Waals surface area contributed by atoms with E-state index in [1.807, 2.05) is 0 Å². The van der Waals surface area contributed by atoms with E-state index in [9.17, 15) is 18.4 Å². The average Bonchev–Trinajstić information content (AvgIpc) is 3.21. The lowest BCUT2D eigenvalue weighted by molar-refractivity contribution is -0.117. The van der Waals surface area contributed by atoms with Crippen molar-refractivity contribution in [3.8, 4) is 0 Å². The number of carbonyl (C=O) groups excluding carboxylic acids is 2. The van der Waals surface area contributed by atoms with Gasteiger partial charge < -0.3 is 4.90 Å². The summed E-state index contributed by atoms with van der Waals surface area (Å²) in [5, 5.41) is 2.89. The van der Waals surface area contributed by atoms with E-state index in [0.717, 1.165) is 35.6 Å². The van der Waals surface area contributed by atoms with Crippen molar-refractivity contribution >= 4 is 44.2 Å². The van der Waals surface area contributed by atoms with Crippen molar-refractivity contribution in [2.24, 2.45) is 0 Å². The Labute approximate surface area is 151 Å². The number of nitrogens with zero attached hydrogens (tertiary/aromatic N) is 2. The van der Waals surface area contributed by atoms with Crippen LogP contribution in [0.25, 0.3) is 10.2 Å². The van der Waals surface area contributed by atoms with Crippen LogP contribution in [0.1, 0.15) is 23.2 Å². The van der Waals surface area contributed by atoms with Crippen LogP contribution in [0.4, 0.5) is 19.6 Å². The summed E-state index contributed by atoms with van der Waals surface area (Å²) in [5.41, 5.74) is 1.44. The van der Waals surface area contributed by atoms with Crippen LogP contribution in [0.5, 0.6) is 0 Å². The van der Waals surface area contributed by atoms with E-state index >= 15 is 0 Å². The third-order valence-corrected chi connectivity index (χ3v) is 5.10. The largest absolute Gasteiger partial charge is 0.312 e.